The number of amides is 1. The molecule has 0 aliphatic heterocycles. The molecule has 0 atom stereocenters. The number of hydrogen-bond donors (Lipinski definition) is 1. The number of thioether (sulfide) groups is 1. The molecule has 0 fully saturated rings. The average Bonchev–Trinajstić information content (AvgIpc) is 3.16. The second kappa shape index (κ2) is 9.34. The van der Waals surface area contributed by atoms with Gasteiger partial charge in [0.1, 0.15) is 6.33 Å². The van der Waals surface area contributed by atoms with Gasteiger partial charge >= 0.3 is 0 Å². The first-order valence-corrected chi connectivity index (χ1v) is 9.68. The van der Waals surface area contributed by atoms with E-state index in [2.05, 4.69) is 10.2 Å². The lowest BCUT2D eigenvalue weighted by molar-refractivity contribution is -0.129. The van der Waals surface area contributed by atoms with Crippen LogP contribution in [-0.2, 0) is 11.3 Å². The lowest BCUT2D eigenvalue weighted by Gasteiger charge is -2.21. The SMILES string of the molecule is Cc1ccc(-n2cnnc2SCC(=O)N(CCO)Cc2ccccc2)cc1. The highest BCUT2D eigenvalue weighted by Crippen LogP contribution is 2.20. The van der Waals surface area contributed by atoms with Gasteiger partial charge < -0.3 is 10.0 Å². The quantitative estimate of drug-likeness (QED) is 0.607. The van der Waals surface area contributed by atoms with Gasteiger partial charge in [-0.3, -0.25) is 9.36 Å². The van der Waals surface area contributed by atoms with Crippen molar-refractivity contribution in [2.24, 2.45) is 0 Å². The molecular formula is C20H22N4O2S. The first-order chi connectivity index (χ1) is 13.2. The first-order valence-electron chi connectivity index (χ1n) is 8.70. The number of benzene rings is 2. The van der Waals surface area contributed by atoms with Crippen molar-refractivity contribution in [1.82, 2.24) is 19.7 Å². The van der Waals surface area contributed by atoms with Gasteiger partial charge in [-0.2, -0.15) is 0 Å². The summed E-state index contributed by atoms with van der Waals surface area (Å²) in [6.07, 6.45) is 1.65. The molecule has 1 heterocycles. The number of aliphatic hydroxyl groups excluding tert-OH is 1. The number of aliphatic hydroxyl groups is 1. The molecule has 0 bridgehead atoms. The van der Waals surface area contributed by atoms with E-state index in [4.69, 9.17) is 0 Å². The van der Waals surface area contributed by atoms with E-state index in [1.807, 2.05) is 66.1 Å². The van der Waals surface area contributed by atoms with Crippen LogP contribution in [0.2, 0.25) is 0 Å². The van der Waals surface area contributed by atoms with Gasteiger partial charge in [0.2, 0.25) is 5.91 Å². The molecule has 140 valence electrons. The third-order valence-corrected chi connectivity index (χ3v) is 5.02. The van der Waals surface area contributed by atoms with Crippen LogP contribution in [0, 0.1) is 6.92 Å². The summed E-state index contributed by atoms with van der Waals surface area (Å²) in [7, 11) is 0. The first kappa shape index (κ1) is 19.1. The van der Waals surface area contributed by atoms with E-state index in [1.54, 1.807) is 11.2 Å². The molecule has 1 amide bonds. The molecule has 0 saturated heterocycles. The van der Waals surface area contributed by atoms with E-state index in [9.17, 15) is 9.90 Å². The molecular weight excluding hydrogens is 360 g/mol. The summed E-state index contributed by atoms with van der Waals surface area (Å²) >= 11 is 1.34. The third-order valence-electron chi connectivity index (χ3n) is 4.09. The molecule has 2 aromatic carbocycles. The number of hydrogen-bond acceptors (Lipinski definition) is 5. The minimum atomic E-state index is -0.0667. The summed E-state index contributed by atoms with van der Waals surface area (Å²) in [5, 5.41) is 18.1. The Balaban J connectivity index is 1.65. The van der Waals surface area contributed by atoms with Crippen LogP contribution in [0.1, 0.15) is 11.1 Å². The Kier molecular flexibility index (Phi) is 6.62. The fraction of sp³-hybridized carbons (Fsp3) is 0.250. The van der Waals surface area contributed by atoms with Crippen LogP contribution in [0.3, 0.4) is 0 Å². The highest BCUT2D eigenvalue weighted by atomic mass is 32.2. The second-order valence-corrected chi connectivity index (χ2v) is 7.07. The molecule has 6 nitrogen and oxygen atoms in total. The molecule has 1 aromatic heterocycles. The van der Waals surface area contributed by atoms with Gasteiger partial charge in [-0.05, 0) is 24.6 Å². The minimum Gasteiger partial charge on any atom is -0.395 e. The van der Waals surface area contributed by atoms with Gasteiger partial charge in [0, 0.05) is 18.8 Å². The van der Waals surface area contributed by atoms with Gasteiger partial charge in [-0.25, -0.2) is 0 Å². The van der Waals surface area contributed by atoms with Crippen LogP contribution >= 0.6 is 11.8 Å². The standard InChI is InChI=1S/C20H22N4O2S/c1-16-7-9-18(10-8-16)24-15-21-22-20(24)27-14-19(26)23(11-12-25)13-17-5-3-2-4-6-17/h2-10,15,25H,11-14H2,1H3. The normalized spacial score (nSPS) is 10.7. The number of aryl methyl sites for hydroxylation is 1. The molecule has 0 aliphatic rings. The van der Waals surface area contributed by atoms with Crippen molar-refractivity contribution in [3.8, 4) is 5.69 Å². The molecule has 0 aliphatic carbocycles. The fourth-order valence-electron chi connectivity index (χ4n) is 2.64. The highest BCUT2D eigenvalue weighted by molar-refractivity contribution is 7.99. The largest absolute Gasteiger partial charge is 0.395 e. The van der Waals surface area contributed by atoms with E-state index in [-0.39, 0.29) is 18.3 Å². The maximum atomic E-state index is 12.7. The molecule has 3 aromatic rings. The Hall–Kier alpha value is -2.64. The topological polar surface area (TPSA) is 71.2 Å². The second-order valence-electron chi connectivity index (χ2n) is 6.13. The van der Waals surface area contributed by atoms with Crippen molar-refractivity contribution in [3.63, 3.8) is 0 Å². The summed E-state index contributed by atoms with van der Waals surface area (Å²) in [6.45, 7) is 2.75. The highest BCUT2D eigenvalue weighted by Gasteiger charge is 2.16. The van der Waals surface area contributed by atoms with Crippen molar-refractivity contribution in [2.45, 2.75) is 18.6 Å². The van der Waals surface area contributed by atoms with Crippen molar-refractivity contribution in [1.29, 1.82) is 0 Å². The van der Waals surface area contributed by atoms with Crippen LogP contribution < -0.4 is 0 Å². The monoisotopic (exact) mass is 382 g/mol. The number of rotatable bonds is 8. The molecule has 0 unspecified atom stereocenters. The maximum Gasteiger partial charge on any atom is 0.233 e. The number of carbonyl (C=O) groups excluding carboxylic acids is 1. The third kappa shape index (κ3) is 5.18. The fourth-order valence-corrected chi connectivity index (χ4v) is 3.47. The Labute approximate surface area is 162 Å². The van der Waals surface area contributed by atoms with Gasteiger partial charge in [-0.15, -0.1) is 10.2 Å². The van der Waals surface area contributed by atoms with E-state index < -0.39 is 0 Å². The molecule has 3 rings (SSSR count). The maximum absolute atomic E-state index is 12.7. The van der Waals surface area contributed by atoms with Crippen LogP contribution in [0.15, 0.2) is 66.1 Å². The molecule has 0 spiro atoms. The summed E-state index contributed by atoms with van der Waals surface area (Å²) in [6, 6.07) is 17.8. The Morgan fingerprint density at radius 3 is 2.59 bits per heavy atom. The molecule has 0 radical (unpaired) electrons. The predicted molar refractivity (Wildman–Crippen MR) is 106 cm³/mol. The summed E-state index contributed by atoms with van der Waals surface area (Å²) in [4.78, 5) is 14.3. The van der Waals surface area contributed by atoms with Crippen LogP contribution in [-0.4, -0.2) is 49.6 Å². The number of nitrogens with zero attached hydrogens (tertiary/aromatic N) is 4. The zero-order valence-corrected chi connectivity index (χ0v) is 16.0. The predicted octanol–water partition coefficient (Wildman–Crippen LogP) is 2.69. The van der Waals surface area contributed by atoms with Crippen molar-refractivity contribution < 1.29 is 9.90 Å². The Morgan fingerprint density at radius 1 is 1.15 bits per heavy atom. The van der Waals surface area contributed by atoms with Crippen LogP contribution in [0.5, 0.6) is 0 Å². The van der Waals surface area contributed by atoms with Gasteiger partial charge in [0.25, 0.3) is 0 Å². The lowest BCUT2D eigenvalue weighted by Crippen LogP contribution is -2.34. The van der Waals surface area contributed by atoms with E-state index in [1.165, 1.54) is 17.3 Å². The Bertz CT molecular complexity index is 865. The number of carbonyl (C=O) groups is 1. The van der Waals surface area contributed by atoms with Crippen molar-refractivity contribution in [3.05, 3.63) is 72.1 Å². The van der Waals surface area contributed by atoms with Crippen molar-refractivity contribution in [2.75, 3.05) is 18.9 Å². The zero-order valence-electron chi connectivity index (χ0n) is 15.2. The minimum absolute atomic E-state index is 0.0450. The smallest absolute Gasteiger partial charge is 0.233 e. The average molecular weight is 382 g/mol. The Morgan fingerprint density at radius 2 is 1.89 bits per heavy atom. The summed E-state index contributed by atoms with van der Waals surface area (Å²) in [5.41, 5.74) is 3.17. The van der Waals surface area contributed by atoms with Crippen LogP contribution in [0.4, 0.5) is 0 Å². The molecule has 1 N–H and O–H groups in total. The number of aromatic nitrogens is 3. The van der Waals surface area contributed by atoms with E-state index in [0.29, 0.717) is 18.2 Å². The van der Waals surface area contributed by atoms with E-state index >= 15 is 0 Å². The van der Waals surface area contributed by atoms with Gasteiger partial charge in [-0.1, -0.05) is 59.8 Å². The molecule has 7 heteroatoms. The molecule has 0 saturated carbocycles. The summed E-state index contributed by atoms with van der Waals surface area (Å²) in [5.74, 6) is 0.188. The lowest BCUT2D eigenvalue weighted by atomic mass is 10.2. The zero-order chi connectivity index (χ0) is 19.1. The van der Waals surface area contributed by atoms with Gasteiger partial charge in [0.05, 0.1) is 12.4 Å². The molecule has 27 heavy (non-hydrogen) atoms. The van der Waals surface area contributed by atoms with Crippen LogP contribution in [0.25, 0.3) is 5.69 Å². The van der Waals surface area contributed by atoms with E-state index in [0.717, 1.165) is 11.3 Å². The van der Waals surface area contributed by atoms with Gasteiger partial charge in [0.15, 0.2) is 5.16 Å². The summed E-state index contributed by atoms with van der Waals surface area (Å²) < 4.78 is 1.87. The van der Waals surface area contributed by atoms with Crippen molar-refractivity contribution >= 4 is 17.7 Å².